The number of nitrogens with two attached hydrogens (primary N) is 1. The highest BCUT2D eigenvalue weighted by Gasteiger charge is 2.22. The number of nitrogens with zero attached hydrogens (tertiary/aromatic N) is 3. The Morgan fingerprint density at radius 3 is 2.50 bits per heavy atom. The molecule has 3 rings (SSSR count). The molecule has 2 atom stereocenters. The number of ether oxygens (including phenoxy) is 1. The van der Waals surface area contributed by atoms with Crippen LogP contribution < -0.4 is 15.9 Å². The summed E-state index contributed by atoms with van der Waals surface area (Å²) in [6.07, 6.45) is 0. The first-order valence-electron chi connectivity index (χ1n) is 9.07. The third kappa shape index (κ3) is 5.00. The minimum Gasteiger partial charge on any atom is -0.497 e. The molecule has 158 valence electrons. The Kier molecular flexibility index (Phi) is 7.12. The third-order valence-corrected chi connectivity index (χ3v) is 6.07. The monoisotopic (exact) mass is 465 g/mol. The molecule has 3 N–H and O–H groups in total. The quantitative estimate of drug-likeness (QED) is 0.398. The predicted molar refractivity (Wildman–Crippen MR) is 120 cm³/mol. The number of halogens is 2. The molecule has 10 heteroatoms. The molecule has 1 aromatic heterocycles. The maximum absolute atomic E-state index is 12.7. The molecule has 0 bridgehead atoms. The smallest absolute Gasteiger partial charge is 0.233 e. The molecular weight excluding hydrogens is 445 g/mol. The van der Waals surface area contributed by atoms with Gasteiger partial charge in [0.1, 0.15) is 5.75 Å². The van der Waals surface area contributed by atoms with Gasteiger partial charge in [-0.05, 0) is 55.8 Å². The van der Waals surface area contributed by atoms with E-state index < -0.39 is 5.25 Å². The summed E-state index contributed by atoms with van der Waals surface area (Å²) in [5.41, 5.74) is 1.58. The minimum atomic E-state index is -0.450. The Labute approximate surface area is 188 Å². The zero-order valence-corrected chi connectivity index (χ0v) is 18.9. The maximum atomic E-state index is 12.7. The Balaban J connectivity index is 1.67. The lowest BCUT2D eigenvalue weighted by molar-refractivity contribution is -0.120. The number of nitrogen functional groups attached to an aromatic ring is 1. The van der Waals surface area contributed by atoms with Crippen molar-refractivity contribution in [1.29, 1.82) is 0 Å². The van der Waals surface area contributed by atoms with Crippen LogP contribution in [-0.4, -0.2) is 33.1 Å². The summed E-state index contributed by atoms with van der Waals surface area (Å²) in [5, 5.41) is 12.2. The molecule has 7 nitrogen and oxygen atoms in total. The van der Waals surface area contributed by atoms with Crippen molar-refractivity contribution in [1.82, 2.24) is 20.2 Å². The number of rotatable bonds is 7. The van der Waals surface area contributed by atoms with Crippen molar-refractivity contribution >= 4 is 40.9 Å². The number of aromatic nitrogens is 3. The van der Waals surface area contributed by atoms with Gasteiger partial charge in [0.15, 0.2) is 5.82 Å². The highest BCUT2D eigenvalue weighted by Crippen LogP contribution is 2.28. The molecule has 0 aliphatic rings. The summed E-state index contributed by atoms with van der Waals surface area (Å²) >= 11 is 13.4. The van der Waals surface area contributed by atoms with Crippen LogP contribution in [0.15, 0.2) is 47.6 Å². The van der Waals surface area contributed by atoms with Gasteiger partial charge in [0.05, 0.1) is 18.4 Å². The zero-order valence-electron chi connectivity index (χ0n) is 16.6. The molecular formula is C20H21Cl2N5O2S. The largest absolute Gasteiger partial charge is 0.497 e. The summed E-state index contributed by atoms with van der Waals surface area (Å²) in [5.74, 6) is 7.21. The predicted octanol–water partition coefficient (Wildman–Crippen LogP) is 4.33. The van der Waals surface area contributed by atoms with Gasteiger partial charge >= 0.3 is 0 Å². The molecule has 0 aliphatic heterocycles. The van der Waals surface area contributed by atoms with E-state index in [1.165, 1.54) is 16.4 Å². The Bertz CT molecular complexity index is 1040. The SMILES string of the molecule is COc1ccc(-c2nnc(SC(C)C(=O)NC(C)c3ccc(Cl)cc3Cl)n2N)cc1. The Morgan fingerprint density at radius 2 is 1.87 bits per heavy atom. The number of hydrogen-bond acceptors (Lipinski definition) is 6. The van der Waals surface area contributed by atoms with Crippen LogP contribution in [0.2, 0.25) is 10.0 Å². The van der Waals surface area contributed by atoms with E-state index >= 15 is 0 Å². The number of methoxy groups -OCH3 is 1. The van der Waals surface area contributed by atoms with Gasteiger partial charge in [0.2, 0.25) is 11.1 Å². The van der Waals surface area contributed by atoms with Crippen molar-refractivity contribution in [3.05, 3.63) is 58.1 Å². The van der Waals surface area contributed by atoms with Crippen molar-refractivity contribution in [3.8, 4) is 17.1 Å². The van der Waals surface area contributed by atoms with Crippen LogP contribution in [0.4, 0.5) is 0 Å². The number of nitrogens with one attached hydrogen (secondary N) is 1. The van der Waals surface area contributed by atoms with Gasteiger partial charge < -0.3 is 15.9 Å². The van der Waals surface area contributed by atoms with Crippen molar-refractivity contribution in [2.75, 3.05) is 13.0 Å². The highest BCUT2D eigenvalue weighted by atomic mass is 35.5. The number of carbonyl (C=O) groups excluding carboxylic acids is 1. The molecule has 1 heterocycles. The van der Waals surface area contributed by atoms with Crippen LogP contribution in [0.5, 0.6) is 5.75 Å². The minimum absolute atomic E-state index is 0.174. The summed E-state index contributed by atoms with van der Waals surface area (Å²) in [7, 11) is 1.60. The first-order chi connectivity index (χ1) is 14.3. The number of thioether (sulfide) groups is 1. The van der Waals surface area contributed by atoms with E-state index in [0.29, 0.717) is 21.0 Å². The topological polar surface area (TPSA) is 95.1 Å². The van der Waals surface area contributed by atoms with Gasteiger partial charge in [-0.15, -0.1) is 10.2 Å². The molecule has 0 spiro atoms. The van der Waals surface area contributed by atoms with Gasteiger partial charge in [0.25, 0.3) is 0 Å². The van der Waals surface area contributed by atoms with Gasteiger partial charge in [-0.1, -0.05) is 41.0 Å². The van der Waals surface area contributed by atoms with Crippen molar-refractivity contribution in [3.63, 3.8) is 0 Å². The first kappa shape index (κ1) is 22.3. The van der Waals surface area contributed by atoms with Crippen LogP contribution in [0.3, 0.4) is 0 Å². The van der Waals surface area contributed by atoms with Crippen molar-refractivity contribution < 1.29 is 9.53 Å². The van der Waals surface area contributed by atoms with E-state index in [-0.39, 0.29) is 11.9 Å². The fourth-order valence-corrected chi connectivity index (χ4v) is 4.12. The summed E-state index contributed by atoms with van der Waals surface area (Å²) in [6.45, 7) is 3.63. The van der Waals surface area contributed by atoms with Gasteiger partial charge in [-0.25, -0.2) is 4.68 Å². The van der Waals surface area contributed by atoms with Gasteiger partial charge in [-0.3, -0.25) is 4.79 Å². The molecule has 3 aromatic rings. The molecule has 1 amide bonds. The molecule has 0 aliphatic carbocycles. The van der Waals surface area contributed by atoms with Crippen LogP contribution in [0, 0.1) is 0 Å². The summed E-state index contributed by atoms with van der Waals surface area (Å²) < 4.78 is 6.53. The van der Waals surface area contributed by atoms with Gasteiger partial charge in [0, 0.05) is 15.6 Å². The second-order valence-corrected chi connectivity index (χ2v) is 8.71. The lowest BCUT2D eigenvalue weighted by atomic mass is 10.1. The van der Waals surface area contributed by atoms with E-state index in [1.807, 2.05) is 31.2 Å². The fourth-order valence-electron chi connectivity index (χ4n) is 2.77. The molecule has 30 heavy (non-hydrogen) atoms. The number of carbonyl (C=O) groups is 1. The summed E-state index contributed by atoms with van der Waals surface area (Å²) in [4.78, 5) is 12.7. The van der Waals surface area contributed by atoms with Crippen LogP contribution in [-0.2, 0) is 4.79 Å². The third-order valence-electron chi connectivity index (χ3n) is 4.45. The molecule has 0 radical (unpaired) electrons. The van der Waals surface area contributed by atoms with Crippen LogP contribution in [0.25, 0.3) is 11.4 Å². The lowest BCUT2D eigenvalue weighted by Crippen LogP contribution is -2.33. The normalized spacial score (nSPS) is 13.0. The second-order valence-electron chi connectivity index (χ2n) is 6.56. The first-order valence-corrected chi connectivity index (χ1v) is 10.7. The average molecular weight is 466 g/mol. The number of amides is 1. The molecule has 0 saturated carbocycles. The van der Waals surface area contributed by atoms with E-state index in [2.05, 4.69) is 15.5 Å². The fraction of sp³-hybridized carbons (Fsp3) is 0.250. The van der Waals surface area contributed by atoms with E-state index in [9.17, 15) is 4.79 Å². The molecule has 2 unspecified atom stereocenters. The lowest BCUT2D eigenvalue weighted by Gasteiger charge is -2.18. The molecule has 0 saturated heterocycles. The molecule has 2 aromatic carbocycles. The highest BCUT2D eigenvalue weighted by molar-refractivity contribution is 8.00. The van der Waals surface area contributed by atoms with Crippen LogP contribution in [0.1, 0.15) is 25.5 Å². The zero-order chi connectivity index (χ0) is 21.8. The molecule has 0 fully saturated rings. The Morgan fingerprint density at radius 1 is 1.17 bits per heavy atom. The average Bonchev–Trinajstić information content (AvgIpc) is 3.08. The van der Waals surface area contributed by atoms with Crippen LogP contribution >= 0.6 is 35.0 Å². The van der Waals surface area contributed by atoms with E-state index in [1.54, 1.807) is 32.2 Å². The Hall–Kier alpha value is -2.42. The van der Waals surface area contributed by atoms with Crippen molar-refractivity contribution in [2.45, 2.75) is 30.3 Å². The van der Waals surface area contributed by atoms with Gasteiger partial charge in [-0.2, -0.15) is 0 Å². The number of hydrogen-bond donors (Lipinski definition) is 2. The summed E-state index contributed by atoms with van der Waals surface area (Å²) in [6, 6.07) is 12.2. The van der Waals surface area contributed by atoms with E-state index in [0.717, 1.165) is 16.9 Å². The maximum Gasteiger partial charge on any atom is 0.233 e. The second kappa shape index (κ2) is 9.59. The standard InChI is InChI=1S/C20H21Cl2N5O2S/c1-11(16-9-6-14(21)10-17(16)22)24-19(28)12(2)30-20-26-25-18(27(20)23)13-4-7-15(29-3)8-5-13/h4-12H,23H2,1-3H3,(H,24,28). The van der Waals surface area contributed by atoms with Crippen molar-refractivity contribution in [2.24, 2.45) is 0 Å². The number of benzene rings is 2. The van der Waals surface area contributed by atoms with E-state index in [4.69, 9.17) is 33.8 Å².